The summed E-state index contributed by atoms with van der Waals surface area (Å²) in [4.78, 5) is 22.9. The summed E-state index contributed by atoms with van der Waals surface area (Å²) in [6.07, 6.45) is 0. The topological polar surface area (TPSA) is 66.4 Å². The number of nitrogens with one attached hydrogen (secondary N) is 1. The van der Waals surface area contributed by atoms with Gasteiger partial charge >= 0.3 is 5.97 Å². The van der Waals surface area contributed by atoms with Crippen LogP contribution < -0.4 is 5.32 Å². The molecule has 0 atom stereocenters. The molecule has 0 aliphatic heterocycles. The van der Waals surface area contributed by atoms with Gasteiger partial charge in [0.05, 0.1) is 15.1 Å². The van der Waals surface area contributed by atoms with E-state index in [1.54, 1.807) is 0 Å². The zero-order valence-corrected chi connectivity index (χ0v) is 12.7. The molecule has 0 fully saturated rings. The highest BCUT2D eigenvalue weighted by Gasteiger charge is 2.12. The number of carboxylic acids is 1. The van der Waals surface area contributed by atoms with Crippen molar-refractivity contribution in [3.63, 3.8) is 0 Å². The van der Waals surface area contributed by atoms with Crippen molar-refractivity contribution < 1.29 is 19.1 Å². The number of carboxylic acid groups (broad SMARTS) is 1. The lowest BCUT2D eigenvalue weighted by molar-refractivity contribution is 0.0696. The first-order valence-electron chi connectivity index (χ1n) is 5.67. The second-order valence-electron chi connectivity index (χ2n) is 4.08. The molecule has 7 heteroatoms. The molecule has 4 nitrogen and oxygen atoms in total. The quantitative estimate of drug-likeness (QED) is 0.849. The number of hydrogen-bond donors (Lipinski definition) is 2. The van der Waals surface area contributed by atoms with Gasteiger partial charge in [-0.25, -0.2) is 9.18 Å². The van der Waals surface area contributed by atoms with Gasteiger partial charge in [0.15, 0.2) is 0 Å². The van der Waals surface area contributed by atoms with Crippen molar-refractivity contribution in [1.29, 1.82) is 0 Å². The monoisotopic (exact) mass is 371 g/mol. The molecule has 0 aliphatic rings. The van der Waals surface area contributed by atoms with Crippen LogP contribution >= 0.6 is 27.5 Å². The summed E-state index contributed by atoms with van der Waals surface area (Å²) in [5, 5.41) is 11.5. The first kappa shape index (κ1) is 15.5. The molecule has 2 rings (SSSR count). The SMILES string of the molecule is O=C(Nc1ccc(Cl)c(C(=O)O)c1)c1ccc(Br)c(F)c1. The first-order chi connectivity index (χ1) is 9.88. The molecule has 0 aliphatic carbocycles. The van der Waals surface area contributed by atoms with Crippen molar-refractivity contribution in [2.75, 3.05) is 5.32 Å². The Labute approximate surface area is 132 Å². The van der Waals surface area contributed by atoms with Gasteiger partial charge in [-0.05, 0) is 52.3 Å². The third-order valence-electron chi connectivity index (χ3n) is 2.64. The van der Waals surface area contributed by atoms with Crippen molar-refractivity contribution in [3.8, 4) is 0 Å². The summed E-state index contributed by atoms with van der Waals surface area (Å²) < 4.78 is 13.6. The first-order valence-corrected chi connectivity index (χ1v) is 6.85. The fourth-order valence-electron chi connectivity index (χ4n) is 1.61. The Morgan fingerprint density at radius 1 is 1.19 bits per heavy atom. The zero-order valence-electron chi connectivity index (χ0n) is 10.4. The summed E-state index contributed by atoms with van der Waals surface area (Å²) in [7, 11) is 0. The van der Waals surface area contributed by atoms with Crippen LogP contribution in [0.4, 0.5) is 10.1 Å². The van der Waals surface area contributed by atoms with Crippen molar-refractivity contribution in [3.05, 3.63) is 62.8 Å². The maximum Gasteiger partial charge on any atom is 0.337 e. The van der Waals surface area contributed by atoms with Crippen molar-refractivity contribution >= 4 is 45.1 Å². The molecule has 21 heavy (non-hydrogen) atoms. The van der Waals surface area contributed by atoms with Gasteiger partial charge in [0.1, 0.15) is 5.82 Å². The van der Waals surface area contributed by atoms with Crippen molar-refractivity contribution in [1.82, 2.24) is 0 Å². The van der Waals surface area contributed by atoms with Gasteiger partial charge in [0.25, 0.3) is 5.91 Å². The molecule has 0 aromatic heterocycles. The number of amides is 1. The minimum Gasteiger partial charge on any atom is -0.478 e. The summed E-state index contributed by atoms with van der Waals surface area (Å²) >= 11 is 8.73. The van der Waals surface area contributed by atoms with Crippen LogP contribution in [0.1, 0.15) is 20.7 Å². The maximum absolute atomic E-state index is 13.4. The Hall–Kier alpha value is -1.92. The number of carbonyl (C=O) groups excluding carboxylic acids is 1. The second kappa shape index (κ2) is 6.24. The molecular formula is C14H8BrClFNO3. The van der Waals surface area contributed by atoms with Crippen LogP contribution in [0.5, 0.6) is 0 Å². The summed E-state index contributed by atoms with van der Waals surface area (Å²) in [5.41, 5.74) is 0.240. The van der Waals surface area contributed by atoms with Crippen LogP contribution in [0.25, 0.3) is 0 Å². The zero-order chi connectivity index (χ0) is 15.6. The van der Waals surface area contributed by atoms with E-state index < -0.39 is 17.7 Å². The van der Waals surface area contributed by atoms with Gasteiger partial charge in [0.2, 0.25) is 0 Å². The highest BCUT2D eigenvalue weighted by atomic mass is 79.9. The molecule has 0 radical (unpaired) electrons. The predicted molar refractivity (Wildman–Crippen MR) is 80.5 cm³/mol. The van der Waals surface area contributed by atoms with E-state index in [0.717, 1.165) is 6.07 Å². The van der Waals surface area contributed by atoms with Crippen LogP contribution in [-0.2, 0) is 0 Å². The lowest BCUT2D eigenvalue weighted by Crippen LogP contribution is -2.12. The van der Waals surface area contributed by atoms with E-state index >= 15 is 0 Å². The molecule has 2 aromatic carbocycles. The van der Waals surface area contributed by atoms with Gasteiger partial charge in [-0.3, -0.25) is 4.79 Å². The van der Waals surface area contributed by atoms with E-state index in [2.05, 4.69) is 21.2 Å². The number of rotatable bonds is 3. The summed E-state index contributed by atoms with van der Waals surface area (Å²) in [5.74, 6) is -2.32. The Balaban J connectivity index is 2.25. The Kier molecular flexibility index (Phi) is 4.59. The number of hydrogen-bond acceptors (Lipinski definition) is 2. The summed E-state index contributed by atoms with van der Waals surface area (Å²) in [6.45, 7) is 0. The van der Waals surface area contributed by atoms with Crippen LogP contribution in [-0.4, -0.2) is 17.0 Å². The molecular weight excluding hydrogens is 365 g/mol. The Bertz CT molecular complexity index is 736. The van der Waals surface area contributed by atoms with E-state index in [1.165, 1.54) is 30.3 Å². The fraction of sp³-hybridized carbons (Fsp3) is 0. The minimum absolute atomic E-state index is 0.0650. The van der Waals surface area contributed by atoms with Gasteiger partial charge in [-0.1, -0.05) is 11.6 Å². The molecule has 0 saturated heterocycles. The molecule has 1 amide bonds. The highest BCUT2D eigenvalue weighted by molar-refractivity contribution is 9.10. The molecule has 0 heterocycles. The largest absolute Gasteiger partial charge is 0.478 e. The van der Waals surface area contributed by atoms with E-state index in [9.17, 15) is 14.0 Å². The second-order valence-corrected chi connectivity index (χ2v) is 5.34. The standard InChI is InChI=1S/C14H8BrClFNO3/c15-10-3-1-7(5-12(10)17)13(19)18-8-2-4-11(16)9(6-8)14(20)21/h1-6H,(H,18,19)(H,20,21). The minimum atomic E-state index is -1.20. The molecule has 0 saturated carbocycles. The number of carbonyl (C=O) groups is 2. The highest BCUT2D eigenvalue weighted by Crippen LogP contribution is 2.22. The van der Waals surface area contributed by atoms with Crippen LogP contribution in [0.2, 0.25) is 5.02 Å². The van der Waals surface area contributed by atoms with Gasteiger partial charge in [0, 0.05) is 11.3 Å². The van der Waals surface area contributed by atoms with Crippen molar-refractivity contribution in [2.45, 2.75) is 0 Å². The Morgan fingerprint density at radius 2 is 1.90 bits per heavy atom. The van der Waals surface area contributed by atoms with Crippen LogP contribution in [0.3, 0.4) is 0 Å². The molecule has 0 spiro atoms. The van der Waals surface area contributed by atoms with E-state index in [4.69, 9.17) is 16.7 Å². The number of benzene rings is 2. The molecule has 108 valence electrons. The van der Waals surface area contributed by atoms with Crippen LogP contribution in [0, 0.1) is 5.82 Å². The van der Waals surface area contributed by atoms with Gasteiger partial charge in [-0.15, -0.1) is 0 Å². The van der Waals surface area contributed by atoms with Crippen LogP contribution in [0.15, 0.2) is 40.9 Å². The number of anilines is 1. The predicted octanol–water partition coefficient (Wildman–Crippen LogP) is 4.19. The molecule has 0 unspecified atom stereocenters. The van der Waals surface area contributed by atoms with E-state index in [1.807, 2.05) is 0 Å². The summed E-state index contributed by atoms with van der Waals surface area (Å²) in [6, 6.07) is 7.99. The smallest absolute Gasteiger partial charge is 0.337 e. The normalized spacial score (nSPS) is 10.2. The number of aromatic carboxylic acids is 1. The molecule has 2 aromatic rings. The molecule has 2 N–H and O–H groups in total. The number of halogens is 3. The Morgan fingerprint density at radius 3 is 2.52 bits per heavy atom. The lowest BCUT2D eigenvalue weighted by atomic mass is 10.1. The average molecular weight is 373 g/mol. The fourth-order valence-corrected chi connectivity index (χ4v) is 2.05. The third kappa shape index (κ3) is 3.59. The molecule has 0 bridgehead atoms. The van der Waals surface area contributed by atoms with Gasteiger partial charge in [-0.2, -0.15) is 0 Å². The lowest BCUT2D eigenvalue weighted by Gasteiger charge is -2.07. The van der Waals surface area contributed by atoms with Gasteiger partial charge < -0.3 is 10.4 Å². The maximum atomic E-state index is 13.4. The average Bonchev–Trinajstić information content (AvgIpc) is 2.43. The van der Waals surface area contributed by atoms with E-state index in [0.29, 0.717) is 0 Å². The van der Waals surface area contributed by atoms with E-state index in [-0.39, 0.29) is 26.3 Å². The third-order valence-corrected chi connectivity index (χ3v) is 3.61. The van der Waals surface area contributed by atoms with Crippen molar-refractivity contribution in [2.24, 2.45) is 0 Å².